The fourth-order valence-corrected chi connectivity index (χ4v) is 4.77. The summed E-state index contributed by atoms with van der Waals surface area (Å²) >= 11 is 0. The number of sulfone groups is 1. The summed E-state index contributed by atoms with van der Waals surface area (Å²) < 4.78 is 53.8. The normalized spacial score (nSPS) is 23.1. The molecule has 0 aromatic carbocycles. The Hall–Kier alpha value is -0.860. The van der Waals surface area contributed by atoms with Gasteiger partial charge in [0.25, 0.3) is 10.0 Å². The predicted molar refractivity (Wildman–Crippen MR) is 69.9 cm³/mol. The van der Waals surface area contributed by atoms with Crippen molar-refractivity contribution < 1.29 is 21.3 Å². The number of hydrogen-bond acceptors (Lipinski definition) is 5. The third-order valence-corrected chi connectivity index (χ3v) is 6.80. The zero-order valence-corrected chi connectivity index (χ0v) is 12.3. The molecular weight excluding hydrogens is 290 g/mol. The molecular formula is C11H17NO5S2. The summed E-state index contributed by atoms with van der Waals surface area (Å²) in [6.45, 7) is 0.538. The second-order valence-corrected chi connectivity index (χ2v) is 8.91. The summed E-state index contributed by atoms with van der Waals surface area (Å²) in [7, 11) is -6.76. The SMILES string of the molecule is CS(=O)(=O)C1CCCN(S(=O)(=O)c2ccco2)CC1. The van der Waals surface area contributed by atoms with Gasteiger partial charge in [-0.15, -0.1) is 0 Å². The highest BCUT2D eigenvalue weighted by molar-refractivity contribution is 7.91. The lowest BCUT2D eigenvalue weighted by Crippen LogP contribution is -2.32. The minimum atomic E-state index is -3.64. The zero-order chi connectivity index (χ0) is 14.1. The fourth-order valence-electron chi connectivity index (χ4n) is 2.25. The van der Waals surface area contributed by atoms with Gasteiger partial charge in [0, 0.05) is 19.3 Å². The molecule has 0 aliphatic carbocycles. The first kappa shape index (κ1) is 14.5. The van der Waals surface area contributed by atoms with Crippen molar-refractivity contribution in [1.82, 2.24) is 4.31 Å². The summed E-state index contributed by atoms with van der Waals surface area (Å²) in [5.74, 6) is 0. The molecule has 8 heteroatoms. The van der Waals surface area contributed by atoms with Crippen LogP contribution in [0.4, 0.5) is 0 Å². The standard InChI is InChI=1S/C11H17NO5S2/c1-18(13,14)10-4-2-7-12(8-6-10)19(15,16)11-5-3-9-17-11/h3,5,9-10H,2,4,6-8H2,1H3. The Morgan fingerprint density at radius 2 is 1.95 bits per heavy atom. The molecule has 0 amide bonds. The van der Waals surface area contributed by atoms with Gasteiger partial charge >= 0.3 is 0 Å². The third-order valence-electron chi connectivity index (χ3n) is 3.33. The van der Waals surface area contributed by atoms with Crippen LogP contribution < -0.4 is 0 Å². The minimum Gasteiger partial charge on any atom is -0.452 e. The lowest BCUT2D eigenvalue weighted by Gasteiger charge is -2.18. The molecule has 0 bridgehead atoms. The molecule has 1 unspecified atom stereocenters. The van der Waals surface area contributed by atoms with E-state index in [9.17, 15) is 16.8 Å². The number of sulfonamides is 1. The van der Waals surface area contributed by atoms with Crippen LogP contribution in [0.25, 0.3) is 0 Å². The summed E-state index contributed by atoms with van der Waals surface area (Å²) in [6, 6.07) is 2.91. The lowest BCUT2D eigenvalue weighted by molar-refractivity contribution is 0.386. The van der Waals surface area contributed by atoms with Crippen LogP contribution in [0.5, 0.6) is 0 Å². The largest absolute Gasteiger partial charge is 0.452 e. The second-order valence-electron chi connectivity index (χ2n) is 4.72. The second kappa shape index (κ2) is 5.26. The van der Waals surface area contributed by atoms with E-state index in [0.29, 0.717) is 25.8 Å². The maximum atomic E-state index is 12.2. The quantitative estimate of drug-likeness (QED) is 0.827. The molecule has 1 aromatic heterocycles. The van der Waals surface area contributed by atoms with E-state index in [1.54, 1.807) is 0 Å². The maximum Gasteiger partial charge on any atom is 0.276 e. The van der Waals surface area contributed by atoms with E-state index in [4.69, 9.17) is 4.42 Å². The van der Waals surface area contributed by atoms with Crippen LogP contribution in [0, 0.1) is 0 Å². The van der Waals surface area contributed by atoms with Gasteiger partial charge in [-0.05, 0) is 31.4 Å². The Morgan fingerprint density at radius 3 is 2.53 bits per heavy atom. The average Bonchev–Trinajstić information content (AvgIpc) is 2.71. The Kier molecular flexibility index (Phi) is 4.03. The monoisotopic (exact) mass is 307 g/mol. The van der Waals surface area contributed by atoms with Gasteiger partial charge in [-0.2, -0.15) is 4.31 Å². The topological polar surface area (TPSA) is 84.7 Å². The molecule has 1 aliphatic heterocycles. The molecule has 0 N–H and O–H groups in total. The molecule has 1 atom stereocenters. The number of rotatable bonds is 3. The van der Waals surface area contributed by atoms with Crippen LogP contribution in [-0.2, 0) is 19.9 Å². The van der Waals surface area contributed by atoms with Crippen molar-refractivity contribution in [3.05, 3.63) is 18.4 Å². The third kappa shape index (κ3) is 3.18. The van der Waals surface area contributed by atoms with E-state index in [1.165, 1.54) is 29.0 Å². The van der Waals surface area contributed by atoms with Gasteiger partial charge in [0.15, 0.2) is 0 Å². The molecule has 2 rings (SSSR count). The van der Waals surface area contributed by atoms with E-state index in [0.717, 1.165) is 0 Å². The van der Waals surface area contributed by atoms with Crippen LogP contribution in [0.1, 0.15) is 19.3 Å². The molecule has 1 fully saturated rings. The fraction of sp³-hybridized carbons (Fsp3) is 0.636. The number of hydrogen-bond donors (Lipinski definition) is 0. The first-order valence-electron chi connectivity index (χ1n) is 6.04. The molecule has 1 aromatic rings. The molecule has 0 saturated carbocycles. The Morgan fingerprint density at radius 1 is 1.21 bits per heavy atom. The molecule has 2 heterocycles. The van der Waals surface area contributed by atoms with E-state index in [-0.39, 0.29) is 11.6 Å². The predicted octanol–water partition coefficient (Wildman–Crippen LogP) is 0.867. The van der Waals surface area contributed by atoms with Crippen molar-refractivity contribution in [2.75, 3.05) is 19.3 Å². The van der Waals surface area contributed by atoms with Gasteiger partial charge in [0.2, 0.25) is 5.09 Å². The smallest absolute Gasteiger partial charge is 0.276 e. The Balaban J connectivity index is 2.16. The highest BCUT2D eigenvalue weighted by atomic mass is 32.2. The van der Waals surface area contributed by atoms with Crippen molar-refractivity contribution >= 4 is 19.9 Å². The van der Waals surface area contributed by atoms with Crippen molar-refractivity contribution in [3.63, 3.8) is 0 Å². The first-order chi connectivity index (χ1) is 8.82. The molecule has 6 nitrogen and oxygen atoms in total. The van der Waals surface area contributed by atoms with Crippen molar-refractivity contribution in [2.24, 2.45) is 0 Å². The number of nitrogens with zero attached hydrogens (tertiary/aromatic N) is 1. The summed E-state index contributed by atoms with van der Waals surface area (Å²) in [5.41, 5.74) is 0. The molecule has 1 aliphatic rings. The molecule has 0 radical (unpaired) electrons. The van der Waals surface area contributed by atoms with Crippen LogP contribution >= 0.6 is 0 Å². The van der Waals surface area contributed by atoms with Gasteiger partial charge in [-0.25, -0.2) is 16.8 Å². The Labute approximate surface area is 113 Å². The van der Waals surface area contributed by atoms with E-state index >= 15 is 0 Å². The summed E-state index contributed by atoms with van der Waals surface area (Å²) in [5, 5.41) is -0.547. The first-order valence-corrected chi connectivity index (χ1v) is 9.44. The van der Waals surface area contributed by atoms with E-state index in [2.05, 4.69) is 0 Å². The van der Waals surface area contributed by atoms with Gasteiger partial charge < -0.3 is 4.42 Å². The highest BCUT2D eigenvalue weighted by Crippen LogP contribution is 2.23. The van der Waals surface area contributed by atoms with Crippen molar-refractivity contribution in [1.29, 1.82) is 0 Å². The van der Waals surface area contributed by atoms with Gasteiger partial charge in [-0.3, -0.25) is 0 Å². The van der Waals surface area contributed by atoms with Crippen molar-refractivity contribution in [3.8, 4) is 0 Å². The average molecular weight is 307 g/mol. The zero-order valence-electron chi connectivity index (χ0n) is 10.6. The van der Waals surface area contributed by atoms with Gasteiger partial charge in [0.1, 0.15) is 9.84 Å². The lowest BCUT2D eigenvalue weighted by atomic mass is 10.2. The highest BCUT2D eigenvalue weighted by Gasteiger charge is 2.32. The molecule has 0 spiro atoms. The molecule has 108 valence electrons. The van der Waals surface area contributed by atoms with Crippen LogP contribution in [0.2, 0.25) is 0 Å². The van der Waals surface area contributed by atoms with E-state index < -0.39 is 25.1 Å². The van der Waals surface area contributed by atoms with Gasteiger partial charge in [-0.1, -0.05) is 0 Å². The molecule has 1 saturated heterocycles. The van der Waals surface area contributed by atoms with Crippen LogP contribution in [-0.4, -0.2) is 45.7 Å². The Bertz CT molecular complexity index is 618. The number of furan rings is 1. The van der Waals surface area contributed by atoms with Crippen LogP contribution in [0.3, 0.4) is 0 Å². The minimum absolute atomic E-state index is 0.0923. The van der Waals surface area contributed by atoms with Gasteiger partial charge in [0.05, 0.1) is 11.5 Å². The maximum absolute atomic E-state index is 12.2. The van der Waals surface area contributed by atoms with E-state index in [1.807, 2.05) is 0 Å². The van der Waals surface area contributed by atoms with Crippen LogP contribution in [0.15, 0.2) is 27.9 Å². The molecule has 19 heavy (non-hydrogen) atoms. The summed E-state index contributed by atoms with van der Waals surface area (Å²) in [4.78, 5) is 0. The van der Waals surface area contributed by atoms with Crippen molar-refractivity contribution in [2.45, 2.75) is 29.6 Å². The summed E-state index contributed by atoms with van der Waals surface area (Å²) in [6.07, 6.45) is 3.89.